The van der Waals surface area contributed by atoms with Crippen LogP contribution in [0.5, 0.6) is 0 Å². The van der Waals surface area contributed by atoms with E-state index in [9.17, 15) is 4.39 Å². The van der Waals surface area contributed by atoms with Gasteiger partial charge in [-0.2, -0.15) is 0 Å². The Hall–Kier alpha value is -0.800. The van der Waals surface area contributed by atoms with E-state index in [-0.39, 0.29) is 5.82 Å². The molecule has 0 fully saturated rings. The molecule has 0 spiro atoms. The van der Waals surface area contributed by atoms with Gasteiger partial charge in [0.05, 0.1) is 6.61 Å². The first-order chi connectivity index (χ1) is 7.11. The van der Waals surface area contributed by atoms with Crippen LogP contribution in [0.4, 0.5) is 10.1 Å². The molecular weight excluding hydrogens is 217 g/mol. The maximum Gasteiger partial charge on any atom is 0.126 e. The Labute approximate surface area is 94.4 Å². The van der Waals surface area contributed by atoms with Crippen LogP contribution in [0.3, 0.4) is 0 Å². The first kappa shape index (κ1) is 12.3. The van der Waals surface area contributed by atoms with Crippen molar-refractivity contribution in [3.8, 4) is 0 Å². The van der Waals surface area contributed by atoms with Crippen molar-refractivity contribution in [1.29, 1.82) is 0 Å². The van der Waals surface area contributed by atoms with Gasteiger partial charge in [0.15, 0.2) is 0 Å². The zero-order valence-corrected chi connectivity index (χ0v) is 9.64. The molecule has 0 radical (unpaired) electrons. The molecule has 15 heavy (non-hydrogen) atoms. The normalized spacial score (nSPS) is 12.5. The van der Waals surface area contributed by atoms with Crippen LogP contribution in [0.1, 0.15) is 6.92 Å². The maximum atomic E-state index is 13.0. The highest BCUT2D eigenvalue weighted by molar-refractivity contribution is 6.30. The molecule has 0 aliphatic rings. The lowest BCUT2D eigenvalue weighted by molar-refractivity contribution is 0.164. The van der Waals surface area contributed by atoms with E-state index < -0.39 is 0 Å². The summed E-state index contributed by atoms with van der Waals surface area (Å²) in [5, 5.41) is 3.51. The third-order valence-electron chi connectivity index (χ3n) is 1.97. The van der Waals surface area contributed by atoms with E-state index >= 15 is 0 Å². The Bertz CT molecular complexity index is 299. The second kappa shape index (κ2) is 5.93. The minimum atomic E-state index is -0.329. The van der Waals surface area contributed by atoms with Crippen molar-refractivity contribution >= 4 is 17.3 Å². The third-order valence-corrected chi connectivity index (χ3v) is 2.19. The molecule has 0 aromatic heterocycles. The van der Waals surface area contributed by atoms with Crippen LogP contribution in [0.15, 0.2) is 18.2 Å². The molecule has 4 heteroatoms. The van der Waals surface area contributed by atoms with Gasteiger partial charge in [-0.15, -0.1) is 0 Å². The molecule has 1 N–H and O–H groups in total. The number of halogens is 2. The van der Waals surface area contributed by atoms with Gasteiger partial charge in [0.1, 0.15) is 5.82 Å². The van der Waals surface area contributed by atoms with Gasteiger partial charge in [0.2, 0.25) is 0 Å². The average Bonchev–Trinajstić information content (AvgIpc) is 2.14. The van der Waals surface area contributed by atoms with E-state index in [1.165, 1.54) is 12.1 Å². The molecule has 1 aromatic carbocycles. The van der Waals surface area contributed by atoms with E-state index in [4.69, 9.17) is 16.3 Å². The fraction of sp³-hybridized carbons (Fsp3) is 0.455. The number of hydrogen-bond donors (Lipinski definition) is 1. The van der Waals surface area contributed by atoms with Crippen LogP contribution < -0.4 is 5.32 Å². The predicted octanol–water partition coefficient (Wildman–Crippen LogP) is 3.17. The Balaban J connectivity index is 2.50. The molecular formula is C11H15ClFNO. The predicted molar refractivity (Wildman–Crippen MR) is 60.9 cm³/mol. The summed E-state index contributed by atoms with van der Waals surface area (Å²) in [6.07, 6.45) is 0. The zero-order chi connectivity index (χ0) is 11.3. The number of anilines is 1. The molecule has 0 amide bonds. The van der Waals surface area contributed by atoms with Crippen molar-refractivity contribution in [2.24, 2.45) is 5.92 Å². The van der Waals surface area contributed by atoms with Gasteiger partial charge in [-0.3, -0.25) is 0 Å². The zero-order valence-electron chi connectivity index (χ0n) is 8.89. The van der Waals surface area contributed by atoms with Crippen molar-refractivity contribution in [1.82, 2.24) is 0 Å². The highest BCUT2D eigenvalue weighted by Crippen LogP contribution is 2.18. The summed E-state index contributed by atoms with van der Waals surface area (Å²) in [6.45, 7) is 3.46. The molecule has 1 aromatic rings. The van der Waals surface area contributed by atoms with Crippen LogP contribution in [-0.2, 0) is 4.74 Å². The van der Waals surface area contributed by atoms with Crippen LogP contribution >= 0.6 is 11.6 Å². The van der Waals surface area contributed by atoms with Gasteiger partial charge >= 0.3 is 0 Å². The molecule has 0 heterocycles. The second-order valence-electron chi connectivity index (χ2n) is 3.60. The van der Waals surface area contributed by atoms with Gasteiger partial charge in [0.25, 0.3) is 0 Å². The molecule has 0 bridgehead atoms. The lowest BCUT2D eigenvalue weighted by Gasteiger charge is -2.12. The molecule has 2 nitrogen and oxygen atoms in total. The van der Waals surface area contributed by atoms with Gasteiger partial charge in [-0.1, -0.05) is 18.5 Å². The fourth-order valence-electron chi connectivity index (χ4n) is 1.29. The summed E-state index contributed by atoms with van der Waals surface area (Å²) in [7, 11) is 1.66. The van der Waals surface area contributed by atoms with Crippen LogP contribution in [0.2, 0.25) is 5.02 Å². The van der Waals surface area contributed by atoms with Gasteiger partial charge in [-0.05, 0) is 24.1 Å². The highest BCUT2D eigenvalue weighted by Gasteiger charge is 2.02. The topological polar surface area (TPSA) is 21.3 Å². The molecule has 0 saturated carbocycles. The van der Waals surface area contributed by atoms with Crippen molar-refractivity contribution in [2.75, 3.05) is 25.6 Å². The molecule has 84 valence electrons. The van der Waals surface area contributed by atoms with Crippen molar-refractivity contribution < 1.29 is 9.13 Å². The third kappa shape index (κ3) is 4.49. The number of rotatable bonds is 5. The Kier molecular flexibility index (Phi) is 4.85. The van der Waals surface area contributed by atoms with Crippen molar-refractivity contribution in [2.45, 2.75) is 6.92 Å². The lowest BCUT2D eigenvalue weighted by atomic mass is 10.2. The van der Waals surface area contributed by atoms with Crippen LogP contribution in [-0.4, -0.2) is 20.3 Å². The molecule has 0 aliphatic carbocycles. The van der Waals surface area contributed by atoms with E-state index in [2.05, 4.69) is 12.2 Å². The SMILES string of the molecule is COCC(C)CNc1cc(F)cc(Cl)c1. The lowest BCUT2D eigenvalue weighted by Crippen LogP contribution is -2.15. The first-order valence-corrected chi connectivity index (χ1v) is 5.18. The molecule has 1 rings (SSSR count). The van der Waals surface area contributed by atoms with Gasteiger partial charge in [0, 0.05) is 24.4 Å². The largest absolute Gasteiger partial charge is 0.385 e. The van der Waals surface area contributed by atoms with Crippen molar-refractivity contribution in [3.63, 3.8) is 0 Å². The summed E-state index contributed by atoms with van der Waals surface area (Å²) in [5.74, 6) is 0.0430. The smallest absolute Gasteiger partial charge is 0.126 e. The van der Waals surface area contributed by atoms with Gasteiger partial charge in [-0.25, -0.2) is 4.39 Å². The Morgan fingerprint density at radius 2 is 2.20 bits per heavy atom. The maximum absolute atomic E-state index is 13.0. The van der Waals surface area contributed by atoms with Gasteiger partial charge < -0.3 is 10.1 Å². The highest BCUT2D eigenvalue weighted by atomic mass is 35.5. The number of methoxy groups -OCH3 is 1. The summed E-state index contributed by atoms with van der Waals surface area (Å²) in [6, 6.07) is 4.40. The Morgan fingerprint density at radius 3 is 2.80 bits per heavy atom. The quantitative estimate of drug-likeness (QED) is 0.841. The number of hydrogen-bond acceptors (Lipinski definition) is 2. The minimum Gasteiger partial charge on any atom is -0.385 e. The fourth-order valence-corrected chi connectivity index (χ4v) is 1.51. The van der Waals surface area contributed by atoms with E-state index in [1.807, 2.05) is 0 Å². The summed E-state index contributed by atoms with van der Waals surface area (Å²) >= 11 is 5.72. The number of nitrogens with one attached hydrogen (secondary N) is 1. The summed E-state index contributed by atoms with van der Waals surface area (Å²) in [4.78, 5) is 0. The number of benzene rings is 1. The Morgan fingerprint density at radius 1 is 1.47 bits per heavy atom. The minimum absolute atomic E-state index is 0.329. The van der Waals surface area contributed by atoms with Crippen LogP contribution in [0, 0.1) is 11.7 Å². The van der Waals surface area contributed by atoms with E-state index in [0.717, 1.165) is 6.54 Å². The second-order valence-corrected chi connectivity index (χ2v) is 4.04. The van der Waals surface area contributed by atoms with Crippen molar-refractivity contribution in [3.05, 3.63) is 29.0 Å². The molecule has 1 atom stereocenters. The standard InChI is InChI=1S/C11H15ClFNO/c1-8(7-15-2)6-14-11-4-9(12)3-10(13)5-11/h3-5,8,14H,6-7H2,1-2H3. The molecule has 1 unspecified atom stereocenters. The summed E-state index contributed by atoms with van der Waals surface area (Å²) in [5.41, 5.74) is 0.697. The first-order valence-electron chi connectivity index (χ1n) is 4.80. The summed E-state index contributed by atoms with van der Waals surface area (Å²) < 4.78 is 18.0. The average molecular weight is 232 g/mol. The monoisotopic (exact) mass is 231 g/mol. The number of ether oxygens (including phenoxy) is 1. The van der Waals surface area contributed by atoms with E-state index in [1.54, 1.807) is 13.2 Å². The molecule has 0 saturated heterocycles. The van der Waals surface area contributed by atoms with E-state index in [0.29, 0.717) is 23.2 Å². The van der Waals surface area contributed by atoms with Crippen LogP contribution in [0.25, 0.3) is 0 Å². The molecule has 0 aliphatic heterocycles.